The number of nitrogens with zero attached hydrogens (tertiary/aromatic N) is 2. The average Bonchev–Trinajstić information content (AvgIpc) is 2.79. The van der Waals surface area contributed by atoms with Gasteiger partial charge in [-0.25, -0.2) is 8.42 Å². The van der Waals surface area contributed by atoms with Gasteiger partial charge in [0.1, 0.15) is 5.37 Å². The van der Waals surface area contributed by atoms with Gasteiger partial charge in [-0.15, -0.1) is 0 Å². The second-order valence-corrected chi connectivity index (χ2v) is 10.7. The molecule has 8 heteroatoms. The van der Waals surface area contributed by atoms with E-state index in [4.69, 9.17) is 9.47 Å². The summed E-state index contributed by atoms with van der Waals surface area (Å²) in [4.78, 5) is 5.19. The predicted octanol–water partition coefficient (Wildman–Crippen LogP) is 1.21. The SMILES string of the molecule is O=S(=O)(c1ccccc1)C1NCCN2CCC(COCCCN3CCOCC3)CC12. The van der Waals surface area contributed by atoms with Crippen molar-refractivity contribution in [1.29, 1.82) is 0 Å². The molecule has 0 aliphatic carbocycles. The molecule has 4 rings (SSSR count). The third kappa shape index (κ3) is 5.41. The molecule has 0 radical (unpaired) electrons. The summed E-state index contributed by atoms with van der Waals surface area (Å²) < 4.78 is 37.9. The molecule has 1 aromatic carbocycles. The van der Waals surface area contributed by atoms with Gasteiger partial charge >= 0.3 is 0 Å². The van der Waals surface area contributed by atoms with Crippen LogP contribution in [-0.2, 0) is 19.3 Å². The highest BCUT2D eigenvalue weighted by atomic mass is 32.2. The zero-order valence-electron chi connectivity index (χ0n) is 17.7. The second kappa shape index (κ2) is 10.5. The molecule has 0 amide bonds. The number of benzene rings is 1. The molecule has 3 atom stereocenters. The van der Waals surface area contributed by atoms with Crippen LogP contribution in [-0.4, -0.2) is 95.3 Å². The largest absolute Gasteiger partial charge is 0.381 e. The maximum Gasteiger partial charge on any atom is 0.195 e. The summed E-state index contributed by atoms with van der Waals surface area (Å²) >= 11 is 0. The van der Waals surface area contributed by atoms with Crippen LogP contribution in [0.4, 0.5) is 0 Å². The van der Waals surface area contributed by atoms with Crippen LogP contribution in [0.2, 0.25) is 0 Å². The maximum atomic E-state index is 13.3. The minimum absolute atomic E-state index is 0.0136. The first kappa shape index (κ1) is 22.2. The summed E-state index contributed by atoms with van der Waals surface area (Å²) in [6.45, 7) is 8.85. The van der Waals surface area contributed by atoms with Gasteiger partial charge in [-0.2, -0.15) is 0 Å². The van der Waals surface area contributed by atoms with Gasteiger partial charge in [0.15, 0.2) is 9.84 Å². The highest BCUT2D eigenvalue weighted by molar-refractivity contribution is 7.92. The molecule has 3 aliphatic heterocycles. The average molecular weight is 438 g/mol. The maximum absolute atomic E-state index is 13.3. The number of hydrogen-bond donors (Lipinski definition) is 1. The Morgan fingerprint density at radius 2 is 1.90 bits per heavy atom. The van der Waals surface area contributed by atoms with Crippen molar-refractivity contribution in [2.75, 3.05) is 65.7 Å². The number of sulfone groups is 1. The lowest BCUT2D eigenvalue weighted by atomic mass is 9.90. The third-order valence-electron chi connectivity index (χ3n) is 6.59. The molecule has 30 heavy (non-hydrogen) atoms. The van der Waals surface area contributed by atoms with Crippen molar-refractivity contribution >= 4 is 9.84 Å². The van der Waals surface area contributed by atoms with E-state index in [1.807, 2.05) is 6.07 Å². The van der Waals surface area contributed by atoms with Crippen molar-refractivity contribution in [3.05, 3.63) is 30.3 Å². The fourth-order valence-electron chi connectivity index (χ4n) is 4.89. The second-order valence-electron chi connectivity index (χ2n) is 8.61. The van der Waals surface area contributed by atoms with Crippen molar-refractivity contribution < 1.29 is 17.9 Å². The highest BCUT2D eigenvalue weighted by Crippen LogP contribution is 2.31. The number of morpholine rings is 1. The molecule has 3 unspecified atom stereocenters. The first-order chi connectivity index (χ1) is 14.6. The lowest BCUT2D eigenvalue weighted by molar-refractivity contribution is 0.0165. The van der Waals surface area contributed by atoms with Gasteiger partial charge in [0.05, 0.1) is 18.1 Å². The number of nitrogens with one attached hydrogen (secondary N) is 1. The molecule has 0 aromatic heterocycles. The first-order valence-electron chi connectivity index (χ1n) is 11.3. The van der Waals surface area contributed by atoms with Crippen molar-refractivity contribution in [2.45, 2.75) is 35.6 Å². The van der Waals surface area contributed by atoms with Gasteiger partial charge in [-0.3, -0.25) is 15.1 Å². The van der Waals surface area contributed by atoms with Gasteiger partial charge in [0, 0.05) is 52.0 Å². The van der Waals surface area contributed by atoms with Crippen LogP contribution in [0.3, 0.4) is 0 Å². The predicted molar refractivity (Wildman–Crippen MR) is 116 cm³/mol. The van der Waals surface area contributed by atoms with Crippen molar-refractivity contribution in [2.24, 2.45) is 5.92 Å². The molecule has 3 heterocycles. The molecule has 3 fully saturated rings. The molecule has 1 aromatic rings. The Morgan fingerprint density at radius 1 is 1.10 bits per heavy atom. The molecule has 0 saturated carbocycles. The monoisotopic (exact) mass is 437 g/mol. The zero-order valence-corrected chi connectivity index (χ0v) is 18.6. The number of piperidine rings is 1. The van der Waals surface area contributed by atoms with E-state index >= 15 is 0 Å². The lowest BCUT2D eigenvalue weighted by Gasteiger charge is -2.46. The Labute approximate surface area is 180 Å². The summed E-state index contributed by atoms with van der Waals surface area (Å²) in [5.74, 6) is 0.419. The minimum atomic E-state index is -3.41. The molecule has 168 valence electrons. The fraction of sp³-hybridized carbons (Fsp3) is 0.727. The third-order valence-corrected chi connectivity index (χ3v) is 8.67. The van der Waals surface area contributed by atoms with Gasteiger partial charge < -0.3 is 9.47 Å². The van der Waals surface area contributed by atoms with E-state index in [1.54, 1.807) is 24.3 Å². The van der Waals surface area contributed by atoms with Gasteiger partial charge in [0.25, 0.3) is 0 Å². The van der Waals surface area contributed by atoms with Crippen LogP contribution in [0.15, 0.2) is 35.2 Å². The minimum Gasteiger partial charge on any atom is -0.381 e. The summed E-state index contributed by atoms with van der Waals surface area (Å²) in [5, 5.41) is 2.76. The first-order valence-corrected chi connectivity index (χ1v) is 12.8. The number of rotatable bonds is 8. The topological polar surface area (TPSA) is 71.1 Å². The molecule has 0 bridgehead atoms. The summed E-state index contributed by atoms with van der Waals surface area (Å²) in [7, 11) is -3.41. The Kier molecular flexibility index (Phi) is 7.78. The van der Waals surface area contributed by atoms with Crippen LogP contribution in [0.1, 0.15) is 19.3 Å². The smallest absolute Gasteiger partial charge is 0.195 e. The molecule has 7 nitrogen and oxygen atoms in total. The van der Waals surface area contributed by atoms with E-state index in [0.29, 0.717) is 10.8 Å². The van der Waals surface area contributed by atoms with E-state index in [1.165, 1.54) is 0 Å². The number of hydrogen-bond acceptors (Lipinski definition) is 7. The normalized spacial score (nSPS) is 28.9. The highest BCUT2D eigenvalue weighted by Gasteiger charge is 2.43. The van der Waals surface area contributed by atoms with Crippen molar-refractivity contribution in [3.63, 3.8) is 0 Å². The van der Waals surface area contributed by atoms with Crippen LogP contribution >= 0.6 is 0 Å². The van der Waals surface area contributed by atoms with Crippen LogP contribution in [0.5, 0.6) is 0 Å². The Balaban J connectivity index is 1.28. The lowest BCUT2D eigenvalue weighted by Crippen LogP contribution is -2.63. The van der Waals surface area contributed by atoms with E-state index in [-0.39, 0.29) is 6.04 Å². The molecular weight excluding hydrogens is 402 g/mol. The van der Waals surface area contributed by atoms with Crippen LogP contribution in [0, 0.1) is 5.92 Å². The fourth-order valence-corrected chi connectivity index (χ4v) is 6.76. The summed E-state index contributed by atoms with van der Waals surface area (Å²) in [6.07, 6.45) is 2.99. The Bertz CT molecular complexity index is 755. The molecule has 1 N–H and O–H groups in total. The number of fused-ring (bicyclic) bond motifs is 1. The standard InChI is InChI=1S/C22H35N3O4S/c26-30(27,20-5-2-1-3-6-20)22-21-17-19(7-10-25(21)11-8-23-22)18-29-14-4-9-24-12-15-28-16-13-24/h1-3,5-6,19,21-23H,4,7-18H2. The summed E-state index contributed by atoms with van der Waals surface area (Å²) in [6, 6.07) is 8.86. The van der Waals surface area contributed by atoms with E-state index in [0.717, 1.165) is 85.0 Å². The summed E-state index contributed by atoms with van der Waals surface area (Å²) in [5.41, 5.74) is 0. The van der Waals surface area contributed by atoms with Gasteiger partial charge in [0.2, 0.25) is 0 Å². The van der Waals surface area contributed by atoms with E-state index < -0.39 is 15.2 Å². The van der Waals surface area contributed by atoms with E-state index in [9.17, 15) is 8.42 Å². The number of piperazine rings is 1. The zero-order chi connectivity index (χ0) is 20.8. The Hall–Kier alpha value is -1.03. The van der Waals surface area contributed by atoms with E-state index in [2.05, 4.69) is 15.1 Å². The van der Waals surface area contributed by atoms with Crippen molar-refractivity contribution in [3.8, 4) is 0 Å². The molecule has 0 spiro atoms. The van der Waals surface area contributed by atoms with Crippen molar-refractivity contribution in [1.82, 2.24) is 15.1 Å². The van der Waals surface area contributed by atoms with Crippen LogP contribution < -0.4 is 5.32 Å². The number of ether oxygens (including phenoxy) is 2. The van der Waals surface area contributed by atoms with Gasteiger partial charge in [-0.1, -0.05) is 18.2 Å². The van der Waals surface area contributed by atoms with Gasteiger partial charge in [-0.05, 0) is 43.9 Å². The van der Waals surface area contributed by atoms with Crippen LogP contribution in [0.25, 0.3) is 0 Å². The Morgan fingerprint density at radius 3 is 2.70 bits per heavy atom. The molecule has 3 saturated heterocycles. The quantitative estimate of drug-likeness (QED) is 0.613. The molecule has 3 aliphatic rings. The molecular formula is C22H35N3O4S.